The highest BCUT2D eigenvalue weighted by Gasteiger charge is 2.07. The van der Waals surface area contributed by atoms with Gasteiger partial charge >= 0.3 is 0 Å². The van der Waals surface area contributed by atoms with Gasteiger partial charge < -0.3 is 4.42 Å². The third-order valence-electron chi connectivity index (χ3n) is 3.29. The average Bonchev–Trinajstić information content (AvgIpc) is 3.16. The summed E-state index contributed by atoms with van der Waals surface area (Å²) in [6.45, 7) is 8.32. The molecule has 0 saturated carbocycles. The van der Waals surface area contributed by atoms with Crippen molar-refractivity contribution in [2.45, 2.75) is 34.1 Å². The van der Waals surface area contributed by atoms with E-state index < -0.39 is 0 Å². The monoisotopic (exact) mass is 298 g/mol. The Hall–Kier alpha value is -1.80. The van der Waals surface area contributed by atoms with Crippen LogP contribution in [0.25, 0.3) is 10.6 Å². The normalized spacial score (nSPS) is 10.1. The molecule has 2 heteroatoms. The molecule has 1 nitrogen and oxygen atoms in total. The Labute approximate surface area is 131 Å². The van der Waals surface area contributed by atoms with Crippen LogP contribution >= 0.6 is 11.3 Å². The molecule has 110 valence electrons. The van der Waals surface area contributed by atoms with E-state index in [2.05, 4.69) is 44.2 Å². The predicted octanol–water partition coefficient (Wildman–Crippen LogP) is 6.24. The Balaban J connectivity index is 0.000000774. The highest BCUT2D eigenvalue weighted by molar-refractivity contribution is 7.15. The lowest BCUT2D eigenvalue weighted by Crippen LogP contribution is -1.90. The maximum Gasteiger partial charge on any atom is 0.143 e. The number of thiophene rings is 1. The molecule has 0 atom stereocenters. The summed E-state index contributed by atoms with van der Waals surface area (Å²) in [5.41, 5.74) is 4.09. The van der Waals surface area contributed by atoms with E-state index in [1.54, 1.807) is 17.6 Å². The minimum absolute atomic E-state index is 0.956. The van der Waals surface area contributed by atoms with Crippen LogP contribution in [0.2, 0.25) is 0 Å². The van der Waals surface area contributed by atoms with E-state index in [0.29, 0.717) is 0 Å². The molecule has 0 aliphatic rings. The van der Waals surface area contributed by atoms with Crippen molar-refractivity contribution in [2.24, 2.45) is 0 Å². The highest BCUT2D eigenvalue weighted by Crippen LogP contribution is 2.30. The fourth-order valence-electron chi connectivity index (χ4n) is 2.20. The summed E-state index contributed by atoms with van der Waals surface area (Å²) in [5, 5.41) is 0. The van der Waals surface area contributed by atoms with E-state index in [1.807, 2.05) is 26.0 Å². The maximum absolute atomic E-state index is 5.44. The second-order valence-corrected chi connectivity index (χ2v) is 6.02. The van der Waals surface area contributed by atoms with E-state index >= 15 is 0 Å². The first kappa shape index (κ1) is 15.6. The zero-order valence-corrected chi connectivity index (χ0v) is 14.0. The zero-order chi connectivity index (χ0) is 15.2. The van der Waals surface area contributed by atoms with Crippen molar-refractivity contribution >= 4 is 11.3 Å². The van der Waals surface area contributed by atoms with Crippen molar-refractivity contribution in [3.8, 4) is 10.6 Å². The molecular formula is C19H22OS. The van der Waals surface area contributed by atoms with Crippen molar-refractivity contribution in [3.05, 3.63) is 70.3 Å². The van der Waals surface area contributed by atoms with Gasteiger partial charge in [0, 0.05) is 11.3 Å². The molecule has 0 aliphatic heterocycles. The first-order valence-corrected chi connectivity index (χ1v) is 8.23. The van der Waals surface area contributed by atoms with Gasteiger partial charge in [0.2, 0.25) is 0 Å². The maximum atomic E-state index is 5.44. The van der Waals surface area contributed by atoms with E-state index in [9.17, 15) is 0 Å². The van der Waals surface area contributed by atoms with Crippen molar-refractivity contribution < 1.29 is 4.42 Å². The first-order valence-electron chi connectivity index (χ1n) is 7.41. The van der Waals surface area contributed by atoms with Gasteiger partial charge in [0.25, 0.3) is 0 Å². The molecule has 0 saturated heterocycles. The van der Waals surface area contributed by atoms with Crippen LogP contribution in [0.4, 0.5) is 0 Å². The molecule has 1 aromatic carbocycles. The van der Waals surface area contributed by atoms with Crippen molar-refractivity contribution in [2.75, 3.05) is 0 Å². The van der Waals surface area contributed by atoms with Gasteiger partial charge in [0.05, 0.1) is 11.1 Å². The van der Waals surface area contributed by atoms with Gasteiger partial charge in [-0.15, -0.1) is 11.3 Å². The molecule has 3 aromatic rings. The van der Waals surface area contributed by atoms with Gasteiger partial charge in [-0.05, 0) is 49.2 Å². The van der Waals surface area contributed by atoms with Crippen molar-refractivity contribution in [3.63, 3.8) is 0 Å². The predicted molar refractivity (Wildman–Crippen MR) is 92.1 cm³/mol. The lowest BCUT2D eigenvalue weighted by Gasteiger charge is -2.05. The SMILES string of the molecule is CC.Cc1ccc(C)c(Cc2ccc(-c3ccco3)s2)c1. The summed E-state index contributed by atoms with van der Waals surface area (Å²) in [4.78, 5) is 2.57. The summed E-state index contributed by atoms with van der Waals surface area (Å²) in [6, 6.07) is 14.9. The highest BCUT2D eigenvalue weighted by atomic mass is 32.1. The van der Waals surface area contributed by atoms with Crippen LogP contribution in [0.5, 0.6) is 0 Å². The number of rotatable bonds is 3. The van der Waals surface area contributed by atoms with E-state index in [0.717, 1.165) is 12.2 Å². The molecule has 0 aliphatic carbocycles. The summed E-state index contributed by atoms with van der Waals surface area (Å²) in [6.07, 6.45) is 2.72. The van der Waals surface area contributed by atoms with Gasteiger partial charge in [-0.25, -0.2) is 0 Å². The van der Waals surface area contributed by atoms with Crippen LogP contribution in [-0.2, 0) is 6.42 Å². The Morgan fingerprint density at radius 2 is 1.81 bits per heavy atom. The molecule has 0 amide bonds. The third-order valence-corrected chi connectivity index (χ3v) is 4.39. The molecule has 21 heavy (non-hydrogen) atoms. The molecule has 0 spiro atoms. The molecule has 2 aromatic heterocycles. The Kier molecular flexibility index (Phi) is 5.40. The molecular weight excluding hydrogens is 276 g/mol. The minimum atomic E-state index is 0.956. The fraction of sp³-hybridized carbons (Fsp3) is 0.263. The Morgan fingerprint density at radius 1 is 1.00 bits per heavy atom. The third kappa shape index (κ3) is 3.85. The molecule has 0 unspecified atom stereocenters. The summed E-state index contributed by atoms with van der Waals surface area (Å²) in [5.74, 6) is 0.956. The van der Waals surface area contributed by atoms with Gasteiger partial charge in [-0.1, -0.05) is 37.6 Å². The number of hydrogen-bond acceptors (Lipinski definition) is 2. The van der Waals surface area contributed by atoms with Crippen LogP contribution < -0.4 is 0 Å². The van der Waals surface area contributed by atoms with Crippen LogP contribution in [-0.4, -0.2) is 0 Å². The summed E-state index contributed by atoms with van der Waals surface area (Å²) in [7, 11) is 0. The number of aryl methyl sites for hydroxylation is 2. The second kappa shape index (κ2) is 7.28. The average molecular weight is 298 g/mol. The van der Waals surface area contributed by atoms with Gasteiger partial charge in [0.1, 0.15) is 5.76 Å². The molecule has 0 radical (unpaired) electrons. The van der Waals surface area contributed by atoms with Gasteiger partial charge in [-0.3, -0.25) is 0 Å². The van der Waals surface area contributed by atoms with Crippen LogP contribution in [0.1, 0.15) is 35.4 Å². The van der Waals surface area contributed by atoms with Crippen LogP contribution in [0.15, 0.2) is 53.1 Å². The number of furan rings is 1. The lowest BCUT2D eigenvalue weighted by molar-refractivity contribution is 0.584. The van der Waals surface area contributed by atoms with Gasteiger partial charge in [0.15, 0.2) is 0 Å². The van der Waals surface area contributed by atoms with Crippen LogP contribution in [0, 0.1) is 13.8 Å². The summed E-state index contributed by atoms with van der Waals surface area (Å²) < 4.78 is 5.44. The number of hydrogen-bond donors (Lipinski definition) is 0. The fourth-order valence-corrected chi connectivity index (χ4v) is 3.20. The second-order valence-electron chi connectivity index (χ2n) is 4.85. The van der Waals surface area contributed by atoms with E-state index in [1.165, 1.54) is 26.4 Å². The Bertz CT molecular complexity index is 677. The molecule has 2 heterocycles. The van der Waals surface area contributed by atoms with Crippen LogP contribution in [0.3, 0.4) is 0 Å². The number of benzene rings is 1. The topological polar surface area (TPSA) is 13.1 Å². The van der Waals surface area contributed by atoms with Crippen molar-refractivity contribution in [1.29, 1.82) is 0 Å². The quantitative estimate of drug-likeness (QED) is 0.557. The summed E-state index contributed by atoms with van der Waals surface area (Å²) >= 11 is 1.81. The van der Waals surface area contributed by atoms with E-state index in [4.69, 9.17) is 4.42 Å². The van der Waals surface area contributed by atoms with Gasteiger partial charge in [-0.2, -0.15) is 0 Å². The Morgan fingerprint density at radius 3 is 2.52 bits per heavy atom. The first-order chi connectivity index (χ1) is 10.2. The largest absolute Gasteiger partial charge is 0.464 e. The van der Waals surface area contributed by atoms with E-state index in [-0.39, 0.29) is 0 Å². The van der Waals surface area contributed by atoms with Crippen molar-refractivity contribution in [1.82, 2.24) is 0 Å². The zero-order valence-electron chi connectivity index (χ0n) is 13.1. The molecule has 0 fully saturated rings. The minimum Gasteiger partial charge on any atom is -0.464 e. The smallest absolute Gasteiger partial charge is 0.143 e. The lowest BCUT2D eigenvalue weighted by atomic mass is 10.0. The molecule has 0 N–H and O–H groups in total. The molecule has 0 bridgehead atoms. The standard InChI is InChI=1S/C17H16OS.C2H6/c1-12-5-6-13(2)14(10-12)11-15-7-8-17(19-15)16-4-3-9-18-16;1-2/h3-10H,11H2,1-2H3;1-2H3. The molecule has 3 rings (SSSR count).